The van der Waals surface area contributed by atoms with Crippen LogP contribution in [0.5, 0.6) is 0 Å². The first-order chi connectivity index (χ1) is 15.5. The normalized spacial score (nSPS) is 28.0. The lowest BCUT2D eigenvalue weighted by molar-refractivity contribution is -0.958. The lowest BCUT2D eigenvalue weighted by Gasteiger charge is -2.56. The van der Waals surface area contributed by atoms with Crippen molar-refractivity contribution in [3.8, 4) is 0 Å². The Morgan fingerprint density at radius 3 is 1.48 bits per heavy atom. The molecule has 1 N–H and O–H groups in total. The van der Waals surface area contributed by atoms with E-state index in [1.54, 1.807) is 0 Å². The zero-order valence-corrected chi connectivity index (χ0v) is 23.9. The molecule has 0 aromatic heterocycles. The van der Waals surface area contributed by atoms with Gasteiger partial charge in [-0.1, -0.05) is 71.1 Å². The molecule has 4 fully saturated rings. The van der Waals surface area contributed by atoms with E-state index in [2.05, 4.69) is 26.2 Å². The van der Waals surface area contributed by atoms with Crippen molar-refractivity contribution in [1.82, 2.24) is 5.43 Å². The van der Waals surface area contributed by atoms with Crippen LogP contribution in [0.3, 0.4) is 0 Å². The van der Waals surface area contributed by atoms with Gasteiger partial charge < -0.3 is 17.0 Å². The van der Waals surface area contributed by atoms with Crippen LogP contribution in [0.15, 0.2) is 0 Å². The Kier molecular flexibility index (Phi) is 12.8. The molecule has 0 atom stereocenters. The Labute approximate surface area is 216 Å². The molecule has 4 aliphatic rings. The van der Waals surface area contributed by atoms with E-state index in [0.29, 0.717) is 5.91 Å². The van der Waals surface area contributed by atoms with E-state index in [4.69, 9.17) is 0 Å². The minimum absolute atomic E-state index is 0. The van der Waals surface area contributed by atoms with E-state index < -0.39 is 0 Å². The number of carbonyl (C=O) groups is 1. The summed E-state index contributed by atoms with van der Waals surface area (Å²) in [6.45, 7) is 9.98. The van der Waals surface area contributed by atoms with Crippen molar-refractivity contribution in [3.05, 3.63) is 0 Å². The molecule has 1 amide bonds. The Hall–Kier alpha value is -0.0900. The third-order valence-corrected chi connectivity index (χ3v) is 9.51. The number of amides is 1. The quantitative estimate of drug-likeness (QED) is 0.164. The van der Waals surface area contributed by atoms with Crippen molar-refractivity contribution in [2.45, 2.75) is 136 Å². The van der Waals surface area contributed by atoms with Gasteiger partial charge >= 0.3 is 0 Å². The highest BCUT2D eigenvalue weighted by molar-refractivity contribution is 5.82. The van der Waals surface area contributed by atoms with Crippen LogP contribution in [0.2, 0.25) is 0 Å². The van der Waals surface area contributed by atoms with Crippen molar-refractivity contribution in [1.29, 1.82) is 0 Å². The highest BCUT2D eigenvalue weighted by Crippen LogP contribution is 2.60. The number of carbonyl (C=O) groups excluding carboxylic acids is 1. The van der Waals surface area contributed by atoms with Gasteiger partial charge in [0.25, 0.3) is 5.91 Å². The van der Waals surface area contributed by atoms with Crippen molar-refractivity contribution >= 4 is 5.91 Å². The maximum atomic E-state index is 13.6. The lowest BCUT2D eigenvalue weighted by atomic mass is 9.49. The van der Waals surface area contributed by atoms with Gasteiger partial charge in [0.1, 0.15) is 6.54 Å². The standard InChI is InChI=1S/C29H54N2O.BrH/c1-4-7-8-9-10-11-12-13-14-15-16-17-18-31(5-2,6-3)30-28(32)29-22-25-19-26(23-29)21-27(20-25)24-29;/h25-27H,4-24H2,1-3H3;1H. The van der Waals surface area contributed by atoms with Crippen LogP contribution in [0.25, 0.3) is 0 Å². The van der Waals surface area contributed by atoms with Crippen LogP contribution in [-0.4, -0.2) is 30.1 Å². The van der Waals surface area contributed by atoms with Gasteiger partial charge in [-0.2, -0.15) is 0 Å². The summed E-state index contributed by atoms with van der Waals surface area (Å²) in [6, 6.07) is 0. The predicted octanol–water partition coefficient (Wildman–Crippen LogP) is 4.80. The molecule has 0 unspecified atom stereocenters. The number of halogens is 1. The molecular formula is C29H55BrN2O. The molecule has 4 heteroatoms. The molecule has 0 aromatic rings. The van der Waals surface area contributed by atoms with Gasteiger partial charge in [0.2, 0.25) is 0 Å². The highest BCUT2D eigenvalue weighted by Gasteiger charge is 2.55. The molecule has 0 radical (unpaired) electrons. The third-order valence-electron chi connectivity index (χ3n) is 9.51. The molecule has 3 nitrogen and oxygen atoms in total. The van der Waals surface area contributed by atoms with E-state index in [0.717, 1.165) is 42.0 Å². The highest BCUT2D eigenvalue weighted by atomic mass is 79.9. The zero-order valence-electron chi connectivity index (χ0n) is 22.3. The van der Waals surface area contributed by atoms with Crippen LogP contribution in [0.1, 0.15) is 136 Å². The van der Waals surface area contributed by atoms with Crippen molar-refractivity contribution in [2.75, 3.05) is 19.6 Å². The fraction of sp³-hybridized carbons (Fsp3) is 0.966. The minimum Gasteiger partial charge on any atom is -1.00 e. The van der Waals surface area contributed by atoms with Crippen LogP contribution < -0.4 is 22.4 Å². The molecule has 0 saturated heterocycles. The minimum atomic E-state index is -0.0148. The number of nitrogens with zero attached hydrogens (tertiary/aromatic N) is 1. The van der Waals surface area contributed by atoms with Gasteiger partial charge in [0.05, 0.1) is 18.5 Å². The molecule has 4 bridgehead atoms. The van der Waals surface area contributed by atoms with Crippen LogP contribution in [0, 0.1) is 23.2 Å². The summed E-state index contributed by atoms with van der Waals surface area (Å²) in [6.07, 6.45) is 24.5. The average molecular weight is 528 g/mol. The Morgan fingerprint density at radius 1 is 0.697 bits per heavy atom. The fourth-order valence-electron chi connectivity index (χ4n) is 7.73. The van der Waals surface area contributed by atoms with Gasteiger partial charge in [-0.15, -0.1) is 0 Å². The summed E-state index contributed by atoms with van der Waals surface area (Å²) >= 11 is 0. The molecular weight excluding hydrogens is 472 g/mol. The number of hydrogen-bond acceptors (Lipinski definition) is 1. The summed E-state index contributed by atoms with van der Waals surface area (Å²) in [5, 5.41) is 0. The molecule has 4 aliphatic carbocycles. The number of quaternary nitrogens is 1. The summed E-state index contributed by atoms with van der Waals surface area (Å²) in [5.74, 6) is 2.94. The number of rotatable bonds is 17. The van der Waals surface area contributed by atoms with Crippen molar-refractivity contribution in [2.24, 2.45) is 23.2 Å². The van der Waals surface area contributed by atoms with Gasteiger partial charge in [-0.25, -0.2) is 10.0 Å². The second-order valence-corrected chi connectivity index (χ2v) is 12.0. The summed E-state index contributed by atoms with van der Waals surface area (Å²) in [4.78, 5) is 13.6. The van der Waals surface area contributed by atoms with E-state index in [-0.39, 0.29) is 22.4 Å². The van der Waals surface area contributed by atoms with Crippen LogP contribution in [-0.2, 0) is 4.79 Å². The smallest absolute Gasteiger partial charge is 0.271 e. The topological polar surface area (TPSA) is 29.1 Å². The molecule has 0 aromatic carbocycles. The first kappa shape index (κ1) is 29.1. The van der Waals surface area contributed by atoms with Gasteiger partial charge in [-0.05, 0) is 83.0 Å². The maximum Gasteiger partial charge on any atom is 0.271 e. The molecule has 0 spiro atoms. The molecule has 194 valence electrons. The number of unbranched alkanes of at least 4 members (excludes halogenated alkanes) is 11. The van der Waals surface area contributed by atoms with E-state index in [1.165, 1.54) is 116 Å². The van der Waals surface area contributed by atoms with E-state index in [9.17, 15) is 4.79 Å². The summed E-state index contributed by atoms with van der Waals surface area (Å²) in [7, 11) is 0. The lowest BCUT2D eigenvalue weighted by Crippen LogP contribution is -3.00. The number of nitrogens with one attached hydrogen (secondary N) is 1. The fourth-order valence-corrected chi connectivity index (χ4v) is 7.73. The predicted molar refractivity (Wildman–Crippen MR) is 136 cm³/mol. The first-order valence-corrected chi connectivity index (χ1v) is 14.7. The summed E-state index contributed by atoms with van der Waals surface area (Å²) < 4.78 is 0.804. The third kappa shape index (κ3) is 8.23. The van der Waals surface area contributed by atoms with Gasteiger partial charge in [0.15, 0.2) is 0 Å². The van der Waals surface area contributed by atoms with E-state index >= 15 is 0 Å². The maximum absolute atomic E-state index is 13.6. The van der Waals surface area contributed by atoms with Crippen molar-refractivity contribution in [3.63, 3.8) is 0 Å². The number of hydrogen-bond donors (Lipinski definition) is 1. The van der Waals surface area contributed by atoms with Crippen molar-refractivity contribution < 1.29 is 26.4 Å². The van der Waals surface area contributed by atoms with E-state index in [1.807, 2.05) is 0 Å². The molecule has 4 saturated carbocycles. The zero-order chi connectivity index (χ0) is 22.9. The Bertz CT molecular complexity index is 525. The second-order valence-electron chi connectivity index (χ2n) is 12.0. The molecule has 33 heavy (non-hydrogen) atoms. The SMILES string of the molecule is CCCCCCCCCCCCCC[N+](CC)(CC)NC(=O)C12CC3CC(CC(C3)C1)C2.[Br-]. The monoisotopic (exact) mass is 526 g/mol. The average Bonchev–Trinajstić information content (AvgIpc) is 2.78. The Balaban J connectivity index is 0.00000385. The van der Waals surface area contributed by atoms with Gasteiger partial charge in [-0.3, -0.25) is 4.79 Å². The van der Waals surface area contributed by atoms with Crippen LogP contribution >= 0.6 is 0 Å². The molecule has 4 rings (SSSR count). The molecule has 0 aliphatic heterocycles. The largest absolute Gasteiger partial charge is 1.00 e. The van der Waals surface area contributed by atoms with Crippen LogP contribution in [0.4, 0.5) is 0 Å². The van der Waals surface area contributed by atoms with Gasteiger partial charge in [0, 0.05) is 0 Å². The Morgan fingerprint density at radius 2 is 1.09 bits per heavy atom. The first-order valence-electron chi connectivity index (χ1n) is 14.7. The second kappa shape index (κ2) is 14.5. The molecule has 0 heterocycles. The summed E-state index contributed by atoms with van der Waals surface area (Å²) in [5.41, 5.74) is 3.61.